The van der Waals surface area contributed by atoms with Gasteiger partial charge in [0.25, 0.3) is 0 Å². The van der Waals surface area contributed by atoms with Gasteiger partial charge >= 0.3 is 0 Å². The molecule has 2 rings (SSSR count). The second kappa shape index (κ2) is 8.22. The number of hydrogen-bond donors (Lipinski definition) is 1. The van der Waals surface area contributed by atoms with Gasteiger partial charge in [0, 0.05) is 19.9 Å². The summed E-state index contributed by atoms with van der Waals surface area (Å²) in [7, 11) is 1.79. The van der Waals surface area contributed by atoms with E-state index in [0.29, 0.717) is 18.8 Å². The van der Waals surface area contributed by atoms with E-state index in [-0.39, 0.29) is 0 Å². The Morgan fingerprint density at radius 1 is 1.30 bits per heavy atom. The summed E-state index contributed by atoms with van der Waals surface area (Å²) in [4.78, 5) is 4.40. The van der Waals surface area contributed by atoms with Gasteiger partial charge in [-0.3, -0.25) is 0 Å². The molecular formula is C16H26N2O2. The second-order valence-corrected chi connectivity index (χ2v) is 5.44. The van der Waals surface area contributed by atoms with Crippen molar-refractivity contribution in [1.29, 1.82) is 0 Å². The molecule has 2 atom stereocenters. The van der Waals surface area contributed by atoms with Crippen LogP contribution in [0.1, 0.15) is 44.6 Å². The molecule has 0 bridgehead atoms. The largest absolute Gasteiger partial charge is 0.381 e. The molecule has 0 saturated heterocycles. The van der Waals surface area contributed by atoms with E-state index in [1.807, 2.05) is 12.3 Å². The third-order valence-corrected chi connectivity index (χ3v) is 3.78. The molecule has 1 heterocycles. The highest BCUT2D eigenvalue weighted by Gasteiger charge is 2.22. The SMILES string of the molecule is CCCNc1ccc(COC2CCCC(OC)C2)cn1. The van der Waals surface area contributed by atoms with E-state index in [1.54, 1.807) is 7.11 Å². The van der Waals surface area contributed by atoms with Crippen LogP contribution in [0.25, 0.3) is 0 Å². The average molecular weight is 278 g/mol. The average Bonchev–Trinajstić information content (AvgIpc) is 2.52. The first-order valence-corrected chi connectivity index (χ1v) is 7.65. The van der Waals surface area contributed by atoms with Gasteiger partial charge in [0.05, 0.1) is 18.8 Å². The number of hydrogen-bond acceptors (Lipinski definition) is 4. The van der Waals surface area contributed by atoms with E-state index >= 15 is 0 Å². The summed E-state index contributed by atoms with van der Waals surface area (Å²) in [6.45, 7) is 3.75. The second-order valence-electron chi connectivity index (χ2n) is 5.44. The summed E-state index contributed by atoms with van der Waals surface area (Å²) in [5.41, 5.74) is 1.13. The first-order chi connectivity index (χ1) is 9.81. The number of pyridine rings is 1. The molecule has 1 aliphatic rings. The molecule has 0 spiro atoms. The van der Waals surface area contributed by atoms with Crippen molar-refractivity contribution in [2.24, 2.45) is 0 Å². The van der Waals surface area contributed by atoms with Crippen molar-refractivity contribution >= 4 is 5.82 Å². The van der Waals surface area contributed by atoms with Crippen molar-refractivity contribution in [2.75, 3.05) is 19.0 Å². The normalized spacial score (nSPS) is 22.7. The van der Waals surface area contributed by atoms with Crippen molar-refractivity contribution in [3.05, 3.63) is 23.9 Å². The summed E-state index contributed by atoms with van der Waals surface area (Å²) in [6, 6.07) is 4.11. The van der Waals surface area contributed by atoms with Crippen LogP contribution in [0.2, 0.25) is 0 Å². The van der Waals surface area contributed by atoms with Gasteiger partial charge in [-0.15, -0.1) is 0 Å². The lowest BCUT2D eigenvalue weighted by atomic mass is 9.95. The number of methoxy groups -OCH3 is 1. The number of rotatable bonds is 7. The third kappa shape index (κ3) is 4.76. The number of aromatic nitrogens is 1. The highest BCUT2D eigenvalue weighted by Crippen LogP contribution is 2.23. The molecule has 2 unspecified atom stereocenters. The predicted octanol–water partition coefficient (Wildman–Crippen LogP) is 3.38. The Morgan fingerprint density at radius 2 is 2.15 bits per heavy atom. The quantitative estimate of drug-likeness (QED) is 0.830. The zero-order valence-corrected chi connectivity index (χ0v) is 12.6. The van der Waals surface area contributed by atoms with Gasteiger partial charge in [-0.25, -0.2) is 4.98 Å². The van der Waals surface area contributed by atoms with Crippen LogP contribution in [0.3, 0.4) is 0 Å². The van der Waals surface area contributed by atoms with Gasteiger partial charge in [-0.05, 0) is 43.7 Å². The van der Waals surface area contributed by atoms with Crippen molar-refractivity contribution in [1.82, 2.24) is 4.98 Å². The van der Waals surface area contributed by atoms with Crippen molar-refractivity contribution in [3.8, 4) is 0 Å². The lowest BCUT2D eigenvalue weighted by Crippen LogP contribution is -2.27. The minimum Gasteiger partial charge on any atom is -0.381 e. The molecular weight excluding hydrogens is 252 g/mol. The Hall–Kier alpha value is -1.13. The van der Waals surface area contributed by atoms with Gasteiger partial charge < -0.3 is 14.8 Å². The summed E-state index contributed by atoms with van der Waals surface area (Å²) >= 11 is 0. The van der Waals surface area contributed by atoms with Crippen molar-refractivity contribution < 1.29 is 9.47 Å². The van der Waals surface area contributed by atoms with Crippen LogP contribution in [0.5, 0.6) is 0 Å². The third-order valence-electron chi connectivity index (χ3n) is 3.78. The van der Waals surface area contributed by atoms with Gasteiger partial charge in [0.1, 0.15) is 5.82 Å². The number of nitrogens with zero attached hydrogens (tertiary/aromatic N) is 1. The molecule has 0 radical (unpaired) electrons. The number of ether oxygens (including phenoxy) is 2. The first-order valence-electron chi connectivity index (χ1n) is 7.65. The van der Waals surface area contributed by atoms with E-state index < -0.39 is 0 Å². The topological polar surface area (TPSA) is 43.4 Å². The zero-order valence-electron chi connectivity index (χ0n) is 12.6. The van der Waals surface area contributed by atoms with Gasteiger partial charge in [-0.2, -0.15) is 0 Å². The first kappa shape index (κ1) is 15.3. The molecule has 1 saturated carbocycles. The molecule has 1 aliphatic carbocycles. The standard InChI is InChI=1S/C16H26N2O2/c1-3-9-17-16-8-7-13(11-18-16)12-20-15-6-4-5-14(10-15)19-2/h7-8,11,14-15H,3-6,9-10,12H2,1-2H3,(H,17,18). The number of anilines is 1. The van der Waals surface area contributed by atoms with Crippen LogP contribution < -0.4 is 5.32 Å². The fourth-order valence-electron chi connectivity index (χ4n) is 2.55. The van der Waals surface area contributed by atoms with Crippen molar-refractivity contribution in [2.45, 2.75) is 57.8 Å². The molecule has 1 aromatic heterocycles. The maximum atomic E-state index is 5.98. The van der Waals surface area contributed by atoms with Crippen LogP contribution in [-0.2, 0) is 16.1 Å². The van der Waals surface area contributed by atoms with Crippen LogP contribution >= 0.6 is 0 Å². The summed E-state index contributed by atoms with van der Waals surface area (Å²) in [5, 5.41) is 3.27. The van der Waals surface area contributed by atoms with Crippen LogP contribution in [-0.4, -0.2) is 30.8 Å². The number of nitrogens with one attached hydrogen (secondary N) is 1. The Bertz CT molecular complexity index is 381. The minimum absolute atomic E-state index is 0.326. The summed E-state index contributed by atoms with van der Waals surface area (Å²) in [6.07, 6.45) is 8.21. The molecule has 1 aromatic rings. The molecule has 0 aromatic carbocycles. The molecule has 0 aliphatic heterocycles. The minimum atomic E-state index is 0.326. The highest BCUT2D eigenvalue weighted by atomic mass is 16.5. The molecule has 20 heavy (non-hydrogen) atoms. The highest BCUT2D eigenvalue weighted by molar-refractivity contribution is 5.35. The lowest BCUT2D eigenvalue weighted by molar-refractivity contribution is -0.0364. The zero-order chi connectivity index (χ0) is 14.2. The lowest BCUT2D eigenvalue weighted by Gasteiger charge is -2.28. The molecule has 4 heteroatoms. The smallest absolute Gasteiger partial charge is 0.125 e. The molecule has 1 fully saturated rings. The summed E-state index contributed by atoms with van der Waals surface area (Å²) in [5.74, 6) is 0.938. The Morgan fingerprint density at radius 3 is 2.85 bits per heavy atom. The van der Waals surface area contributed by atoms with Gasteiger partial charge in [0.2, 0.25) is 0 Å². The molecule has 112 valence electrons. The van der Waals surface area contributed by atoms with Crippen molar-refractivity contribution in [3.63, 3.8) is 0 Å². The monoisotopic (exact) mass is 278 g/mol. The Balaban J connectivity index is 1.75. The maximum absolute atomic E-state index is 5.98. The fourth-order valence-corrected chi connectivity index (χ4v) is 2.55. The van der Waals surface area contributed by atoms with E-state index in [4.69, 9.17) is 9.47 Å². The molecule has 4 nitrogen and oxygen atoms in total. The maximum Gasteiger partial charge on any atom is 0.125 e. The van der Waals surface area contributed by atoms with Gasteiger partial charge in [0.15, 0.2) is 0 Å². The predicted molar refractivity (Wildman–Crippen MR) is 80.9 cm³/mol. The van der Waals surface area contributed by atoms with Crippen LogP contribution in [0.15, 0.2) is 18.3 Å². The Kier molecular flexibility index (Phi) is 6.27. The van der Waals surface area contributed by atoms with E-state index in [0.717, 1.165) is 43.6 Å². The van der Waals surface area contributed by atoms with Gasteiger partial charge in [-0.1, -0.05) is 13.0 Å². The van der Waals surface area contributed by atoms with Crippen LogP contribution in [0, 0.1) is 0 Å². The summed E-state index contributed by atoms with van der Waals surface area (Å²) < 4.78 is 11.4. The van der Waals surface area contributed by atoms with E-state index in [1.165, 1.54) is 6.42 Å². The van der Waals surface area contributed by atoms with E-state index in [2.05, 4.69) is 23.3 Å². The Labute approximate surface area is 121 Å². The molecule has 1 N–H and O–H groups in total. The molecule has 0 amide bonds. The van der Waals surface area contributed by atoms with E-state index in [9.17, 15) is 0 Å². The van der Waals surface area contributed by atoms with Crippen LogP contribution in [0.4, 0.5) is 5.82 Å². The fraction of sp³-hybridized carbons (Fsp3) is 0.688.